The molecule has 0 fully saturated rings. The Hall–Kier alpha value is -2.24. The first-order chi connectivity index (χ1) is 16.9. The van der Waals surface area contributed by atoms with E-state index in [0.29, 0.717) is 32.1 Å². The molecule has 0 aliphatic carbocycles. The predicted molar refractivity (Wildman–Crippen MR) is 149 cm³/mol. The van der Waals surface area contributed by atoms with Gasteiger partial charge in [0.05, 0.1) is 16.5 Å². The molecular formula is C28H28Cl4N2O2. The molecule has 0 saturated heterocycles. The number of halogens is 4. The molecule has 0 aliphatic rings. The van der Waals surface area contributed by atoms with Gasteiger partial charge in [-0.1, -0.05) is 88.9 Å². The van der Waals surface area contributed by atoms with Crippen LogP contribution in [0.5, 0.6) is 0 Å². The van der Waals surface area contributed by atoms with Crippen LogP contribution in [-0.4, -0.2) is 28.3 Å². The van der Waals surface area contributed by atoms with Crippen LogP contribution in [0.2, 0.25) is 20.1 Å². The number of carbonyl (C=O) groups is 2. The average molecular weight is 566 g/mol. The summed E-state index contributed by atoms with van der Waals surface area (Å²) >= 11 is 24.8. The van der Waals surface area contributed by atoms with Crippen molar-refractivity contribution in [3.05, 3.63) is 104 Å². The lowest BCUT2D eigenvalue weighted by molar-refractivity contribution is -0.141. The Balaban J connectivity index is 2.03. The first kappa shape index (κ1) is 28.3. The van der Waals surface area contributed by atoms with Crippen LogP contribution in [0.4, 0.5) is 0 Å². The summed E-state index contributed by atoms with van der Waals surface area (Å²) in [4.78, 5) is 29.0. The van der Waals surface area contributed by atoms with Crippen LogP contribution in [-0.2, 0) is 29.0 Å². The fraction of sp³-hybridized carbons (Fsp3) is 0.286. The van der Waals surface area contributed by atoms with Crippen LogP contribution in [0, 0.1) is 0 Å². The molecule has 0 unspecified atom stereocenters. The van der Waals surface area contributed by atoms with Crippen LogP contribution in [0.15, 0.2) is 66.7 Å². The molecule has 3 aromatic rings. The summed E-state index contributed by atoms with van der Waals surface area (Å²) in [7, 11) is 0. The molecule has 2 amide bonds. The highest BCUT2D eigenvalue weighted by Gasteiger charge is 2.32. The highest BCUT2D eigenvalue weighted by molar-refractivity contribution is 6.42. The molecule has 190 valence electrons. The molecule has 1 atom stereocenters. The fourth-order valence-corrected chi connectivity index (χ4v) is 4.57. The molecule has 0 saturated carbocycles. The second-order valence-corrected chi connectivity index (χ2v) is 11.3. The number of hydrogen-bond donors (Lipinski definition) is 1. The molecule has 0 aromatic heterocycles. The molecule has 36 heavy (non-hydrogen) atoms. The molecule has 0 aliphatic heterocycles. The third-order valence-electron chi connectivity index (χ3n) is 5.46. The van der Waals surface area contributed by atoms with Crippen molar-refractivity contribution in [2.24, 2.45) is 0 Å². The molecule has 1 N–H and O–H groups in total. The minimum Gasteiger partial charge on any atom is -0.350 e. The van der Waals surface area contributed by atoms with Gasteiger partial charge >= 0.3 is 0 Å². The first-order valence-corrected chi connectivity index (χ1v) is 13.0. The lowest BCUT2D eigenvalue weighted by Gasteiger charge is -2.34. The fourth-order valence-electron chi connectivity index (χ4n) is 3.77. The molecule has 0 radical (unpaired) electrons. The maximum Gasteiger partial charge on any atom is 0.243 e. The van der Waals surface area contributed by atoms with Crippen molar-refractivity contribution in [1.29, 1.82) is 0 Å². The summed E-state index contributed by atoms with van der Waals surface area (Å²) in [5.41, 5.74) is 1.83. The normalized spacial score (nSPS) is 12.2. The Morgan fingerprint density at radius 1 is 0.833 bits per heavy atom. The topological polar surface area (TPSA) is 49.4 Å². The van der Waals surface area contributed by atoms with Gasteiger partial charge in [-0.15, -0.1) is 0 Å². The molecule has 4 nitrogen and oxygen atoms in total. The summed E-state index contributed by atoms with van der Waals surface area (Å²) in [5, 5.41) is 4.71. The third-order valence-corrected chi connectivity index (χ3v) is 6.79. The van der Waals surface area contributed by atoms with Gasteiger partial charge < -0.3 is 10.2 Å². The lowest BCUT2D eigenvalue weighted by atomic mass is 10.00. The Morgan fingerprint density at radius 3 is 2.14 bits per heavy atom. The number of carbonyl (C=O) groups excluding carboxylic acids is 2. The van der Waals surface area contributed by atoms with E-state index in [4.69, 9.17) is 46.4 Å². The van der Waals surface area contributed by atoms with E-state index in [1.165, 1.54) is 0 Å². The average Bonchev–Trinajstić information content (AvgIpc) is 2.79. The minimum atomic E-state index is -0.778. The predicted octanol–water partition coefficient (Wildman–Crippen LogP) is 7.40. The third kappa shape index (κ3) is 8.14. The van der Waals surface area contributed by atoms with Crippen molar-refractivity contribution in [3.8, 4) is 0 Å². The van der Waals surface area contributed by atoms with E-state index in [9.17, 15) is 9.59 Å². The number of nitrogens with zero attached hydrogens (tertiary/aromatic N) is 1. The van der Waals surface area contributed by atoms with Crippen molar-refractivity contribution in [2.75, 3.05) is 0 Å². The van der Waals surface area contributed by atoms with E-state index in [2.05, 4.69) is 5.32 Å². The van der Waals surface area contributed by atoms with E-state index in [1.54, 1.807) is 41.3 Å². The second-order valence-electron chi connectivity index (χ2n) is 9.63. The molecule has 3 aromatic carbocycles. The van der Waals surface area contributed by atoms with Crippen molar-refractivity contribution in [2.45, 2.75) is 51.7 Å². The van der Waals surface area contributed by atoms with Gasteiger partial charge in [-0.2, -0.15) is 0 Å². The van der Waals surface area contributed by atoms with Crippen LogP contribution in [0.25, 0.3) is 0 Å². The maximum absolute atomic E-state index is 13.8. The van der Waals surface area contributed by atoms with Gasteiger partial charge in [0, 0.05) is 28.5 Å². The molecule has 3 rings (SSSR count). The molecule has 8 heteroatoms. The summed E-state index contributed by atoms with van der Waals surface area (Å²) in [6, 6.07) is 19.0. The number of benzene rings is 3. The smallest absolute Gasteiger partial charge is 0.243 e. The standard InChI is InChI=1S/C28H28Cl4N2O2/c1-28(2,3)33-27(36)25(14-18-7-5-4-6-8-18)34(17-19-9-12-22(30)24(32)13-19)26(35)15-20-10-11-21(29)16-23(20)31/h4-13,16,25H,14-15,17H2,1-3H3,(H,33,36)/t25-/m0/s1. The zero-order valence-corrected chi connectivity index (χ0v) is 23.3. The van der Waals surface area contributed by atoms with Gasteiger partial charge in [-0.05, 0) is 61.7 Å². The number of nitrogens with one attached hydrogen (secondary N) is 1. The molecule has 0 bridgehead atoms. The van der Waals surface area contributed by atoms with Crippen molar-refractivity contribution in [3.63, 3.8) is 0 Å². The lowest BCUT2D eigenvalue weighted by Crippen LogP contribution is -2.54. The largest absolute Gasteiger partial charge is 0.350 e. The van der Waals surface area contributed by atoms with Crippen LogP contribution in [0.3, 0.4) is 0 Å². The van der Waals surface area contributed by atoms with Crippen LogP contribution < -0.4 is 5.32 Å². The van der Waals surface area contributed by atoms with Crippen molar-refractivity contribution >= 4 is 58.2 Å². The SMILES string of the molecule is CC(C)(C)NC(=O)[C@H](Cc1ccccc1)N(Cc1ccc(Cl)c(Cl)c1)C(=O)Cc1ccc(Cl)cc1Cl. The van der Waals surface area contributed by atoms with Crippen molar-refractivity contribution in [1.82, 2.24) is 10.2 Å². The van der Waals surface area contributed by atoms with E-state index in [-0.39, 0.29) is 24.8 Å². The summed E-state index contributed by atoms with van der Waals surface area (Å²) in [6.45, 7) is 5.88. The van der Waals surface area contributed by atoms with Gasteiger partial charge in [-0.3, -0.25) is 9.59 Å². The summed E-state index contributed by atoms with van der Waals surface area (Å²) < 4.78 is 0. The van der Waals surface area contributed by atoms with Gasteiger partial charge in [-0.25, -0.2) is 0 Å². The Morgan fingerprint density at radius 2 is 1.53 bits per heavy atom. The highest BCUT2D eigenvalue weighted by Crippen LogP contribution is 2.26. The molecule has 0 spiro atoms. The van der Waals surface area contributed by atoms with E-state index < -0.39 is 11.6 Å². The Labute approximate surface area is 232 Å². The Kier molecular flexibility index (Phi) is 9.71. The van der Waals surface area contributed by atoms with E-state index >= 15 is 0 Å². The van der Waals surface area contributed by atoms with Gasteiger partial charge in [0.15, 0.2) is 0 Å². The molecular weight excluding hydrogens is 538 g/mol. The monoisotopic (exact) mass is 564 g/mol. The van der Waals surface area contributed by atoms with Crippen LogP contribution >= 0.6 is 46.4 Å². The highest BCUT2D eigenvalue weighted by atomic mass is 35.5. The minimum absolute atomic E-state index is 0.00537. The quantitative estimate of drug-likeness (QED) is 0.309. The zero-order chi connectivity index (χ0) is 26.5. The van der Waals surface area contributed by atoms with Gasteiger partial charge in [0.2, 0.25) is 11.8 Å². The number of amides is 2. The van der Waals surface area contributed by atoms with Gasteiger partial charge in [0.1, 0.15) is 6.04 Å². The maximum atomic E-state index is 13.8. The summed E-state index contributed by atoms with van der Waals surface area (Å²) in [6.07, 6.45) is 0.343. The molecule has 0 heterocycles. The number of rotatable bonds is 8. The number of hydrogen-bond acceptors (Lipinski definition) is 2. The first-order valence-electron chi connectivity index (χ1n) is 11.5. The second kappa shape index (κ2) is 12.3. The van der Waals surface area contributed by atoms with Crippen LogP contribution in [0.1, 0.15) is 37.5 Å². The van der Waals surface area contributed by atoms with Gasteiger partial charge in [0.25, 0.3) is 0 Å². The van der Waals surface area contributed by atoms with Crippen molar-refractivity contribution < 1.29 is 9.59 Å². The zero-order valence-electron chi connectivity index (χ0n) is 20.3. The van der Waals surface area contributed by atoms with E-state index in [0.717, 1.165) is 11.1 Å². The van der Waals surface area contributed by atoms with E-state index in [1.807, 2.05) is 51.1 Å². The summed E-state index contributed by atoms with van der Waals surface area (Å²) in [5.74, 6) is -0.503. The Bertz CT molecular complexity index is 1230.